The highest BCUT2D eigenvalue weighted by atomic mass is 32.2. The molecule has 1 aromatic heterocycles. The summed E-state index contributed by atoms with van der Waals surface area (Å²) in [6.45, 7) is 5.11. The molecule has 1 amide bonds. The minimum Gasteiger partial charge on any atom is -0.324 e. The van der Waals surface area contributed by atoms with Crippen LogP contribution >= 0.6 is 0 Å². The number of sulfonamides is 1. The third kappa shape index (κ3) is 4.27. The zero-order chi connectivity index (χ0) is 22.7. The van der Waals surface area contributed by atoms with Crippen molar-refractivity contribution in [3.63, 3.8) is 0 Å². The van der Waals surface area contributed by atoms with Gasteiger partial charge >= 0.3 is 0 Å². The summed E-state index contributed by atoms with van der Waals surface area (Å²) in [6, 6.07) is 11.8. The van der Waals surface area contributed by atoms with Gasteiger partial charge in [-0.2, -0.15) is 4.31 Å². The van der Waals surface area contributed by atoms with Gasteiger partial charge in [-0.25, -0.2) is 13.1 Å². The Morgan fingerprint density at radius 1 is 1.16 bits per heavy atom. The quantitative estimate of drug-likeness (QED) is 0.587. The highest BCUT2D eigenvalue weighted by molar-refractivity contribution is 7.89. The van der Waals surface area contributed by atoms with E-state index >= 15 is 0 Å². The third-order valence-electron chi connectivity index (χ3n) is 5.94. The van der Waals surface area contributed by atoms with Gasteiger partial charge in [0.25, 0.3) is 0 Å². The molecule has 9 heteroatoms. The zero-order valence-electron chi connectivity index (χ0n) is 18.5. The van der Waals surface area contributed by atoms with Crippen molar-refractivity contribution >= 4 is 32.7 Å². The van der Waals surface area contributed by atoms with E-state index in [1.807, 2.05) is 38.1 Å². The number of benzene rings is 2. The lowest BCUT2D eigenvalue weighted by Crippen LogP contribution is -2.49. The number of aryl methyl sites for hydroxylation is 2. The van der Waals surface area contributed by atoms with E-state index in [-0.39, 0.29) is 10.8 Å². The molecule has 1 fully saturated rings. The predicted molar refractivity (Wildman–Crippen MR) is 124 cm³/mol. The number of nitrogens with zero attached hydrogens (tertiary/aromatic N) is 4. The molecule has 0 aliphatic carbocycles. The van der Waals surface area contributed by atoms with Gasteiger partial charge in [-0.1, -0.05) is 43.7 Å². The molecule has 8 nitrogen and oxygen atoms in total. The predicted octanol–water partition coefficient (Wildman–Crippen LogP) is 3.59. The van der Waals surface area contributed by atoms with E-state index in [1.165, 1.54) is 4.31 Å². The van der Waals surface area contributed by atoms with Gasteiger partial charge in [0.1, 0.15) is 11.6 Å². The SMILES string of the molecule is CCCn1nnc2cc(S(=O)(=O)N3CCCC[C@@H]3C(=O)Nc3ccccc3CC)ccc21. The maximum atomic E-state index is 13.5. The average Bonchev–Trinajstić information content (AvgIpc) is 3.22. The van der Waals surface area contributed by atoms with Gasteiger partial charge in [-0.3, -0.25) is 4.79 Å². The van der Waals surface area contributed by atoms with Crippen LogP contribution in [-0.2, 0) is 27.8 Å². The fourth-order valence-corrected chi connectivity index (χ4v) is 5.92. The number of rotatable bonds is 7. The molecule has 0 unspecified atom stereocenters. The smallest absolute Gasteiger partial charge is 0.243 e. The van der Waals surface area contributed by atoms with Crippen LogP contribution in [-0.4, -0.2) is 46.2 Å². The monoisotopic (exact) mass is 455 g/mol. The van der Waals surface area contributed by atoms with Crippen molar-refractivity contribution in [2.45, 2.75) is 63.4 Å². The molecule has 1 saturated heterocycles. The standard InChI is InChI=1S/C23H29N5O3S/c1-3-14-27-21-13-12-18(16-20(21)25-26-27)32(30,31)28-15-8-7-11-22(28)23(29)24-19-10-6-5-9-17(19)4-2/h5-6,9-10,12-13,16,22H,3-4,7-8,11,14-15H2,1-2H3,(H,24,29)/t22-/m1/s1. The highest BCUT2D eigenvalue weighted by Gasteiger charge is 2.38. The molecule has 0 radical (unpaired) electrons. The molecule has 1 aliphatic rings. The summed E-state index contributed by atoms with van der Waals surface area (Å²) >= 11 is 0. The van der Waals surface area contributed by atoms with Crippen LogP contribution in [0.1, 0.15) is 45.1 Å². The summed E-state index contributed by atoms with van der Waals surface area (Å²) in [7, 11) is -3.86. The van der Waals surface area contributed by atoms with Crippen LogP contribution in [0.5, 0.6) is 0 Å². The Bertz CT molecular complexity index is 1220. The van der Waals surface area contributed by atoms with Crippen molar-refractivity contribution in [1.29, 1.82) is 0 Å². The molecular formula is C23H29N5O3S. The molecule has 3 aromatic rings. The molecule has 32 heavy (non-hydrogen) atoms. The van der Waals surface area contributed by atoms with E-state index in [2.05, 4.69) is 15.6 Å². The van der Waals surface area contributed by atoms with Crippen LogP contribution in [0.3, 0.4) is 0 Å². The van der Waals surface area contributed by atoms with Gasteiger partial charge in [0.2, 0.25) is 15.9 Å². The van der Waals surface area contributed by atoms with Crippen LogP contribution < -0.4 is 5.32 Å². The molecule has 0 spiro atoms. The average molecular weight is 456 g/mol. The normalized spacial score (nSPS) is 17.5. The minimum atomic E-state index is -3.86. The lowest BCUT2D eigenvalue weighted by molar-refractivity contribution is -0.120. The summed E-state index contributed by atoms with van der Waals surface area (Å²) < 4.78 is 30.2. The van der Waals surface area contributed by atoms with Crippen molar-refractivity contribution in [1.82, 2.24) is 19.3 Å². The van der Waals surface area contributed by atoms with E-state index in [0.29, 0.717) is 18.5 Å². The maximum absolute atomic E-state index is 13.5. The Kier molecular flexibility index (Phi) is 6.57. The van der Waals surface area contributed by atoms with Gasteiger partial charge < -0.3 is 5.32 Å². The van der Waals surface area contributed by atoms with E-state index in [1.54, 1.807) is 22.9 Å². The first kappa shape index (κ1) is 22.4. The molecule has 4 rings (SSSR count). The Morgan fingerprint density at radius 2 is 1.97 bits per heavy atom. The number of amides is 1. The zero-order valence-corrected chi connectivity index (χ0v) is 19.3. The molecule has 1 N–H and O–H groups in total. The fraction of sp³-hybridized carbons (Fsp3) is 0.435. The number of carbonyl (C=O) groups excluding carboxylic acids is 1. The van der Waals surface area contributed by atoms with E-state index in [9.17, 15) is 13.2 Å². The summed E-state index contributed by atoms with van der Waals surface area (Å²) in [5.41, 5.74) is 3.09. The van der Waals surface area contributed by atoms with Crippen LogP contribution in [0.15, 0.2) is 47.4 Å². The lowest BCUT2D eigenvalue weighted by Gasteiger charge is -2.33. The molecular weight excluding hydrogens is 426 g/mol. The van der Waals surface area contributed by atoms with Crippen molar-refractivity contribution in [2.24, 2.45) is 0 Å². The fourth-order valence-electron chi connectivity index (χ4n) is 4.25. The first-order chi connectivity index (χ1) is 15.5. The number of aromatic nitrogens is 3. The highest BCUT2D eigenvalue weighted by Crippen LogP contribution is 2.28. The Morgan fingerprint density at radius 3 is 2.75 bits per heavy atom. The Labute approximate surface area is 188 Å². The Hall–Kier alpha value is -2.78. The molecule has 0 bridgehead atoms. The number of para-hydroxylation sites is 1. The number of hydrogen-bond donors (Lipinski definition) is 1. The number of nitrogens with one attached hydrogen (secondary N) is 1. The van der Waals surface area contributed by atoms with Gasteiger partial charge in [0.15, 0.2) is 0 Å². The second-order valence-corrected chi connectivity index (χ2v) is 9.98. The third-order valence-corrected chi connectivity index (χ3v) is 7.84. The molecule has 2 heterocycles. The topological polar surface area (TPSA) is 97.2 Å². The summed E-state index contributed by atoms with van der Waals surface area (Å²) in [5.74, 6) is -0.288. The molecule has 1 atom stereocenters. The van der Waals surface area contributed by atoms with Crippen LogP contribution in [0.4, 0.5) is 5.69 Å². The maximum Gasteiger partial charge on any atom is 0.243 e. The number of fused-ring (bicyclic) bond motifs is 1. The van der Waals surface area contributed by atoms with Gasteiger partial charge in [-0.05, 0) is 55.5 Å². The summed E-state index contributed by atoms with van der Waals surface area (Å²) in [6.07, 6.45) is 3.72. The molecule has 0 saturated carbocycles. The number of piperidine rings is 1. The number of carbonyl (C=O) groups is 1. The molecule has 1 aliphatic heterocycles. The van der Waals surface area contributed by atoms with Gasteiger partial charge in [0, 0.05) is 18.8 Å². The largest absolute Gasteiger partial charge is 0.324 e. The van der Waals surface area contributed by atoms with Crippen molar-refractivity contribution < 1.29 is 13.2 Å². The summed E-state index contributed by atoms with van der Waals surface area (Å²) in [5, 5.41) is 11.2. The van der Waals surface area contributed by atoms with Crippen LogP contribution in [0.2, 0.25) is 0 Å². The molecule has 2 aromatic carbocycles. The van der Waals surface area contributed by atoms with Crippen LogP contribution in [0.25, 0.3) is 11.0 Å². The van der Waals surface area contributed by atoms with E-state index in [4.69, 9.17) is 0 Å². The van der Waals surface area contributed by atoms with Gasteiger partial charge in [0.05, 0.1) is 10.4 Å². The van der Waals surface area contributed by atoms with Crippen molar-refractivity contribution in [3.8, 4) is 0 Å². The lowest BCUT2D eigenvalue weighted by atomic mass is 10.0. The van der Waals surface area contributed by atoms with Gasteiger partial charge in [-0.15, -0.1) is 5.10 Å². The summed E-state index contributed by atoms with van der Waals surface area (Å²) in [4.78, 5) is 13.3. The Balaban J connectivity index is 1.62. The van der Waals surface area contributed by atoms with Crippen LogP contribution in [0, 0.1) is 0 Å². The van der Waals surface area contributed by atoms with Crippen molar-refractivity contribution in [3.05, 3.63) is 48.0 Å². The number of anilines is 1. The van der Waals surface area contributed by atoms with E-state index in [0.717, 1.165) is 49.0 Å². The minimum absolute atomic E-state index is 0.141. The first-order valence-corrected chi connectivity index (χ1v) is 12.6. The van der Waals surface area contributed by atoms with E-state index < -0.39 is 16.1 Å². The molecule has 170 valence electrons. The second-order valence-electron chi connectivity index (χ2n) is 8.09. The second kappa shape index (κ2) is 9.38. The van der Waals surface area contributed by atoms with Crippen molar-refractivity contribution in [2.75, 3.05) is 11.9 Å². The first-order valence-electron chi connectivity index (χ1n) is 11.2. The number of hydrogen-bond acceptors (Lipinski definition) is 5.